The molecular weight excluding hydrogens is 376 g/mol. The van der Waals surface area contributed by atoms with E-state index in [0.717, 1.165) is 21.4 Å². The molecule has 1 amide bonds. The molecule has 0 aliphatic rings. The molecule has 0 saturated carbocycles. The Kier molecular flexibility index (Phi) is 6.58. The van der Waals surface area contributed by atoms with Gasteiger partial charge in [0.05, 0.1) is 23.3 Å². The third kappa shape index (κ3) is 5.16. The molecule has 5 nitrogen and oxygen atoms in total. The minimum Gasteiger partial charge on any atom is -0.324 e. The fraction of sp³-hybridized carbons (Fsp3) is 0.150. The van der Waals surface area contributed by atoms with E-state index in [1.807, 2.05) is 60.2 Å². The average Bonchev–Trinajstić information content (AvgIpc) is 3.14. The van der Waals surface area contributed by atoms with Gasteiger partial charge in [0.1, 0.15) is 0 Å². The molecule has 0 aliphatic carbocycles. The Morgan fingerprint density at radius 3 is 2.89 bits per heavy atom. The van der Waals surface area contributed by atoms with E-state index in [9.17, 15) is 4.79 Å². The summed E-state index contributed by atoms with van der Waals surface area (Å²) in [6.07, 6.45) is 3.62. The van der Waals surface area contributed by atoms with Crippen molar-refractivity contribution >= 4 is 35.1 Å². The van der Waals surface area contributed by atoms with Crippen molar-refractivity contribution in [1.29, 1.82) is 5.26 Å². The Labute approximate surface area is 166 Å². The average molecular weight is 395 g/mol. The summed E-state index contributed by atoms with van der Waals surface area (Å²) in [5.41, 5.74) is 2.92. The Hall–Kier alpha value is -2.69. The lowest BCUT2D eigenvalue weighted by atomic mass is 10.2. The summed E-state index contributed by atoms with van der Waals surface area (Å²) in [5.74, 6) is 0.485. The van der Waals surface area contributed by atoms with Gasteiger partial charge in [-0.25, -0.2) is 4.98 Å². The molecule has 27 heavy (non-hydrogen) atoms. The van der Waals surface area contributed by atoms with Crippen molar-refractivity contribution in [2.75, 3.05) is 16.8 Å². The number of nitriles is 1. The van der Waals surface area contributed by atoms with Crippen molar-refractivity contribution in [2.45, 2.75) is 17.0 Å². The molecule has 0 saturated heterocycles. The van der Waals surface area contributed by atoms with Crippen LogP contribution in [0.4, 0.5) is 5.69 Å². The van der Waals surface area contributed by atoms with E-state index < -0.39 is 0 Å². The van der Waals surface area contributed by atoms with Crippen LogP contribution < -0.4 is 5.32 Å². The van der Waals surface area contributed by atoms with E-state index >= 15 is 0 Å². The molecule has 7 heteroatoms. The predicted molar refractivity (Wildman–Crippen MR) is 110 cm³/mol. The Balaban J connectivity index is 1.64. The van der Waals surface area contributed by atoms with Gasteiger partial charge in [-0.2, -0.15) is 5.26 Å². The topological polar surface area (TPSA) is 70.7 Å². The lowest BCUT2D eigenvalue weighted by Gasteiger charge is -2.10. The first-order chi connectivity index (χ1) is 13.2. The zero-order valence-corrected chi connectivity index (χ0v) is 16.4. The summed E-state index contributed by atoms with van der Waals surface area (Å²) in [4.78, 5) is 17.6. The number of imidazole rings is 1. The Bertz CT molecular complexity index is 978. The molecule has 0 atom stereocenters. The number of benzene rings is 2. The molecule has 1 aromatic heterocycles. The number of hydrogen-bond acceptors (Lipinski definition) is 5. The molecule has 3 rings (SSSR count). The molecule has 0 aliphatic heterocycles. The maximum absolute atomic E-state index is 12.4. The van der Waals surface area contributed by atoms with Gasteiger partial charge in [0.15, 0.2) is 5.16 Å². The lowest BCUT2D eigenvalue weighted by Crippen LogP contribution is -2.15. The fourth-order valence-electron chi connectivity index (χ4n) is 2.49. The van der Waals surface area contributed by atoms with Gasteiger partial charge in [-0.05, 0) is 36.8 Å². The number of para-hydroxylation sites is 1. The van der Waals surface area contributed by atoms with Crippen LogP contribution in [0, 0.1) is 18.3 Å². The normalized spacial score (nSPS) is 10.4. The first kappa shape index (κ1) is 19.1. The summed E-state index contributed by atoms with van der Waals surface area (Å²) in [6, 6.07) is 17.7. The number of carbonyl (C=O) groups excluding carboxylic acids is 1. The smallest absolute Gasteiger partial charge is 0.234 e. The second-order valence-electron chi connectivity index (χ2n) is 5.70. The second-order valence-corrected chi connectivity index (χ2v) is 7.66. The predicted octanol–water partition coefficient (Wildman–Crippen LogP) is 4.53. The molecule has 2 aromatic carbocycles. The van der Waals surface area contributed by atoms with Crippen LogP contribution in [0.15, 0.2) is 71.0 Å². The third-order valence-corrected chi connectivity index (χ3v) is 5.58. The van der Waals surface area contributed by atoms with Crippen LogP contribution in [0.1, 0.15) is 5.56 Å². The summed E-state index contributed by atoms with van der Waals surface area (Å²) in [6.45, 7) is 2.04. The highest BCUT2D eigenvalue weighted by atomic mass is 32.2. The second kappa shape index (κ2) is 9.31. The number of hydrogen-bond donors (Lipinski definition) is 1. The zero-order valence-electron chi connectivity index (χ0n) is 14.8. The van der Waals surface area contributed by atoms with E-state index in [1.54, 1.807) is 6.20 Å². The van der Waals surface area contributed by atoms with Gasteiger partial charge in [0.2, 0.25) is 5.91 Å². The first-order valence-electron chi connectivity index (χ1n) is 8.29. The standard InChI is InChI=1S/C20H18N4OS2/c1-15-5-4-6-16(13-15)24-11-10-22-20(24)27-14-19(25)23-17-7-2-3-8-18(17)26-12-9-21/h2-8,10-11,13H,12,14H2,1H3,(H,23,25). The minimum atomic E-state index is -0.108. The largest absolute Gasteiger partial charge is 0.324 e. The number of nitrogens with zero attached hydrogens (tertiary/aromatic N) is 3. The minimum absolute atomic E-state index is 0.108. The molecular formula is C20H18N4OS2. The molecule has 136 valence electrons. The van der Waals surface area contributed by atoms with Gasteiger partial charge in [-0.3, -0.25) is 9.36 Å². The molecule has 0 unspecified atom stereocenters. The molecule has 0 fully saturated rings. The number of thioether (sulfide) groups is 2. The number of rotatable bonds is 7. The highest BCUT2D eigenvalue weighted by Gasteiger charge is 2.11. The monoisotopic (exact) mass is 394 g/mol. The highest BCUT2D eigenvalue weighted by molar-refractivity contribution is 8.00. The van der Waals surface area contributed by atoms with E-state index in [-0.39, 0.29) is 11.7 Å². The maximum Gasteiger partial charge on any atom is 0.234 e. The lowest BCUT2D eigenvalue weighted by molar-refractivity contribution is -0.113. The van der Waals surface area contributed by atoms with Gasteiger partial charge in [-0.15, -0.1) is 11.8 Å². The summed E-state index contributed by atoms with van der Waals surface area (Å²) in [7, 11) is 0. The van der Waals surface area contributed by atoms with Crippen molar-refractivity contribution in [2.24, 2.45) is 0 Å². The summed E-state index contributed by atoms with van der Waals surface area (Å²) in [5, 5.41) is 12.4. The maximum atomic E-state index is 12.4. The highest BCUT2D eigenvalue weighted by Crippen LogP contribution is 2.27. The summed E-state index contributed by atoms with van der Waals surface area (Å²) < 4.78 is 1.97. The van der Waals surface area contributed by atoms with Crippen LogP contribution in [0.25, 0.3) is 5.69 Å². The van der Waals surface area contributed by atoms with E-state index in [4.69, 9.17) is 5.26 Å². The van der Waals surface area contributed by atoms with Crippen LogP contribution >= 0.6 is 23.5 Å². The molecule has 1 heterocycles. The zero-order chi connectivity index (χ0) is 19.1. The van der Waals surface area contributed by atoms with Crippen LogP contribution in [-0.4, -0.2) is 27.0 Å². The first-order valence-corrected chi connectivity index (χ1v) is 10.3. The van der Waals surface area contributed by atoms with E-state index in [1.165, 1.54) is 29.1 Å². The van der Waals surface area contributed by atoms with Crippen molar-refractivity contribution in [1.82, 2.24) is 9.55 Å². The number of amides is 1. The van der Waals surface area contributed by atoms with Gasteiger partial charge in [-0.1, -0.05) is 36.0 Å². The number of anilines is 1. The van der Waals surface area contributed by atoms with Crippen molar-refractivity contribution in [3.05, 3.63) is 66.5 Å². The molecule has 0 spiro atoms. The quantitative estimate of drug-likeness (QED) is 0.596. The third-order valence-electron chi connectivity index (χ3n) is 3.67. The number of aryl methyl sites for hydroxylation is 1. The van der Waals surface area contributed by atoms with E-state index in [0.29, 0.717) is 5.75 Å². The van der Waals surface area contributed by atoms with Gasteiger partial charge in [0, 0.05) is 23.0 Å². The SMILES string of the molecule is Cc1cccc(-n2ccnc2SCC(=O)Nc2ccccc2SCC#N)c1. The van der Waals surface area contributed by atoms with Crippen LogP contribution in [0.2, 0.25) is 0 Å². The summed E-state index contributed by atoms with van der Waals surface area (Å²) >= 11 is 2.79. The number of aromatic nitrogens is 2. The van der Waals surface area contributed by atoms with Crippen molar-refractivity contribution in [3.8, 4) is 11.8 Å². The van der Waals surface area contributed by atoms with E-state index in [2.05, 4.69) is 22.4 Å². The molecule has 0 radical (unpaired) electrons. The number of nitrogens with one attached hydrogen (secondary N) is 1. The molecule has 3 aromatic rings. The number of carbonyl (C=O) groups is 1. The van der Waals surface area contributed by atoms with Crippen molar-refractivity contribution < 1.29 is 4.79 Å². The molecule has 1 N–H and O–H groups in total. The van der Waals surface area contributed by atoms with Crippen LogP contribution in [0.5, 0.6) is 0 Å². The van der Waals surface area contributed by atoms with Gasteiger partial charge < -0.3 is 5.32 Å². The van der Waals surface area contributed by atoms with Crippen molar-refractivity contribution in [3.63, 3.8) is 0 Å². The van der Waals surface area contributed by atoms with Gasteiger partial charge >= 0.3 is 0 Å². The van der Waals surface area contributed by atoms with Crippen LogP contribution in [0.3, 0.4) is 0 Å². The molecule has 0 bridgehead atoms. The van der Waals surface area contributed by atoms with Crippen LogP contribution in [-0.2, 0) is 4.79 Å². The van der Waals surface area contributed by atoms with Gasteiger partial charge in [0.25, 0.3) is 0 Å². The Morgan fingerprint density at radius 1 is 1.22 bits per heavy atom. The Morgan fingerprint density at radius 2 is 2.07 bits per heavy atom. The fourth-order valence-corrected chi connectivity index (χ4v) is 3.94.